The fraction of sp³-hybridized carbons (Fsp3) is 0.333. The van der Waals surface area contributed by atoms with Gasteiger partial charge in [-0.05, 0) is 53.8 Å². The topological polar surface area (TPSA) is 117 Å². The van der Waals surface area contributed by atoms with Gasteiger partial charge in [0.2, 0.25) is 5.91 Å². The molecule has 0 radical (unpaired) electrons. The molecular formula is C21H22N2O5S2. The van der Waals surface area contributed by atoms with E-state index in [4.69, 9.17) is 0 Å². The van der Waals surface area contributed by atoms with Crippen LogP contribution in [0.15, 0.2) is 41.3 Å². The number of hydrogen-bond acceptors (Lipinski definition) is 7. The number of anilines is 1. The molecule has 3 aromatic rings. The molecule has 0 bridgehead atoms. The average molecular weight is 447 g/mol. The largest absolute Gasteiger partial charge is 0.392 e. The van der Waals surface area contributed by atoms with Crippen molar-refractivity contribution in [3.8, 4) is 0 Å². The minimum Gasteiger partial charge on any atom is -0.392 e. The molecule has 1 amide bonds. The number of nitrogens with zero attached hydrogens (tertiary/aromatic N) is 1. The number of nitrogens with one attached hydrogen (secondary N) is 1. The molecule has 1 fully saturated rings. The summed E-state index contributed by atoms with van der Waals surface area (Å²) in [5.74, 6) is -0.136. The molecule has 3 N–H and O–H groups in total. The van der Waals surface area contributed by atoms with Crippen molar-refractivity contribution in [2.24, 2.45) is 0 Å². The van der Waals surface area contributed by atoms with E-state index in [1.54, 1.807) is 43.3 Å². The molecular weight excluding hydrogens is 424 g/mol. The number of sulfone groups is 1. The number of thiazole rings is 1. The highest BCUT2D eigenvalue weighted by atomic mass is 32.2. The first kappa shape index (κ1) is 20.9. The quantitative estimate of drug-likeness (QED) is 0.514. The van der Waals surface area contributed by atoms with Gasteiger partial charge < -0.3 is 15.5 Å². The van der Waals surface area contributed by atoms with Crippen molar-refractivity contribution >= 4 is 42.4 Å². The second-order valence-electron chi connectivity index (χ2n) is 7.39. The predicted octanol–water partition coefficient (Wildman–Crippen LogP) is 2.74. The lowest BCUT2D eigenvalue weighted by atomic mass is 9.95. The van der Waals surface area contributed by atoms with Crippen molar-refractivity contribution in [1.29, 1.82) is 0 Å². The summed E-state index contributed by atoms with van der Waals surface area (Å²) >= 11 is 1.31. The van der Waals surface area contributed by atoms with Gasteiger partial charge >= 0.3 is 0 Å². The van der Waals surface area contributed by atoms with Crippen molar-refractivity contribution in [2.75, 3.05) is 11.1 Å². The lowest BCUT2D eigenvalue weighted by molar-refractivity contribution is -0.118. The van der Waals surface area contributed by atoms with E-state index < -0.39 is 15.3 Å². The summed E-state index contributed by atoms with van der Waals surface area (Å²) < 4.78 is 24.8. The number of hydrogen-bond donors (Lipinski definition) is 3. The molecule has 0 aliphatic heterocycles. The Morgan fingerprint density at radius 2 is 1.77 bits per heavy atom. The third-order valence-electron chi connectivity index (χ3n) is 5.60. The summed E-state index contributed by atoms with van der Waals surface area (Å²) in [4.78, 5) is 17.7. The number of amides is 1. The lowest BCUT2D eigenvalue weighted by Crippen LogP contribution is -2.27. The molecule has 2 aromatic carbocycles. The van der Waals surface area contributed by atoms with Crippen molar-refractivity contribution in [3.05, 3.63) is 53.1 Å². The molecule has 7 nitrogen and oxygen atoms in total. The summed E-state index contributed by atoms with van der Waals surface area (Å²) in [6.45, 7) is 1.22. The molecule has 30 heavy (non-hydrogen) atoms. The van der Waals surface area contributed by atoms with Gasteiger partial charge in [-0.25, -0.2) is 13.4 Å². The lowest BCUT2D eigenvalue weighted by Gasteiger charge is -2.15. The maximum Gasteiger partial charge on any atom is 0.236 e. The minimum absolute atomic E-state index is 0.0333. The maximum atomic E-state index is 13.0. The number of aromatic nitrogens is 1. The first-order chi connectivity index (χ1) is 14.3. The third kappa shape index (κ3) is 3.62. The van der Waals surface area contributed by atoms with Crippen LogP contribution in [0.2, 0.25) is 0 Å². The van der Waals surface area contributed by atoms with E-state index >= 15 is 0 Å². The summed E-state index contributed by atoms with van der Waals surface area (Å²) in [6.07, 6.45) is 1.37. The molecule has 1 saturated carbocycles. The Bertz CT molecular complexity index is 1170. The van der Waals surface area contributed by atoms with Crippen LogP contribution < -0.4 is 5.32 Å². The van der Waals surface area contributed by atoms with Crippen LogP contribution in [0.4, 0.5) is 5.13 Å². The zero-order valence-electron chi connectivity index (χ0n) is 16.4. The zero-order valence-corrected chi connectivity index (χ0v) is 18.0. The Morgan fingerprint density at radius 1 is 1.13 bits per heavy atom. The van der Waals surface area contributed by atoms with Gasteiger partial charge in [0.25, 0.3) is 0 Å². The molecule has 1 aromatic heterocycles. The Labute approximate surface area is 178 Å². The van der Waals surface area contributed by atoms with Crippen molar-refractivity contribution in [2.45, 2.75) is 43.3 Å². The van der Waals surface area contributed by atoms with Gasteiger partial charge in [0, 0.05) is 0 Å². The number of aliphatic hydroxyl groups is 2. The van der Waals surface area contributed by atoms with Crippen LogP contribution in [-0.2, 0) is 33.3 Å². The number of rotatable bonds is 7. The minimum atomic E-state index is -3.28. The fourth-order valence-electron chi connectivity index (χ4n) is 3.54. The number of carbonyl (C=O) groups is 1. The van der Waals surface area contributed by atoms with Crippen LogP contribution >= 0.6 is 11.3 Å². The van der Waals surface area contributed by atoms with Gasteiger partial charge in [0.1, 0.15) is 0 Å². The molecule has 4 rings (SSSR count). The summed E-state index contributed by atoms with van der Waals surface area (Å²) in [6, 6.07) is 10.0. The van der Waals surface area contributed by atoms with Crippen LogP contribution in [0.25, 0.3) is 10.2 Å². The summed E-state index contributed by atoms with van der Waals surface area (Å²) in [5.41, 5.74) is 2.01. The first-order valence-corrected chi connectivity index (χ1v) is 12.1. The van der Waals surface area contributed by atoms with Crippen LogP contribution in [0.3, 0.4) is 0 Å². The second kappa shape index (κ2) is 7.73. The number of carbonyl (C=O) groups excluding carboxylic acids is 1. The molecule has 158 valence electrons. The summed E-state index contributed by atoms with van der Waals surface area (Å²) in [7, 11) is -3.28. The number of fused-ring (bicyclic) bond motifs is 1. The van der Waals surface area contributed by atoms with E-state index in [1.807, 2.05) is 0 Å². The second-order valence-corrected chi connectivity index (χ2v) is 10.7. The van der Waals surface area contributed by atoms with E-state index in [1.165, 1.54) is 11.3 Å². The highest BCUT2D eigenvalue weighted by Gasteiger charge is 2.51. The van der Waals surface area contributed by atoms with Gasteiger partial charge in [-0.1, -0.05) is 30.4 Å². The smallest absolute Gasteiger partial charge is 0.236 e. The van der Waals surface area contributed by atoms with E-state index in [0.29, 0.717) is 34.6 Å². The monoisotopic (exact) mass is 446 g/mol. The van der Waals surface area contributed by atoms with Gasteiger partial charge in [-0.15, -0.1) is 0 Å². The molecule has 0 unspecified atom stereocenters. The predicted molar refractivity (Wildman–Crippen MR) is 115 cm³/mol. The Balaban J connectivity index is 1.58. The standard InChI is InChI=1S/C21H22N2O5S2/c1-2-30(27,28)16-5-3-15(4-6-16)21(7-8-21)19(26)23-20-22-17-9-13(11-24)14(12-25)10-18(17)29-20/h3-6,9-10,24-25H,2,7-8,11-12H2,1H3,(H,22,23,26). The maximum absolute atomic E-state index is 13.0. The molecule has 0 spiro atoms. The Morgan fingerprint density at radius 3 is 2.33 bits per heavy atom. The van der Waals surface area contributed by atoms with Gasteiger partial charge in [0.15, 0.2) is 15.0 Å². The van der Waals surface area contributed by atoms with Crippen molar-refractivity contribution in [1.82, 2.24) is 4.98 Å². The van der Waals surface area contributed by atoms with Gasteiger partial charge in [0.05, 0.1) is 39.5 Å². The first-order valence-electron chi connectivity index (χ1n) is 9.62. The Kier molecular flexibility index (Phi) is 5.39. The van der Waals surface area contributed by atoms with Crippen molar-refractivity contribution < 1.29 is 23.4 Å². The van der Waals surface area contributed by atoms with E-state index in [-0.39, 0.29) is 29.8 Å². The van der Waals surface area contributed by atoms with Crippen molar-refractivity contribution in [3.63, 3.8) is 0 Å². The third-order valence-corrected chi connectivity index (χ3v) is 8.29. The highest BCUT2D eigenvalue weighted by molar-refractivity contribution is 7.91. The molecule has 0 saturated heterocycles. The van der Waals surface area contributed by atoms with Crippen LogP contribution in [0, 0.1) is 0 Å². The molecule has 1 aliphatic rings. The highest BCUT2D eigenvalue weighted by Crippen LogP contribution is 2.49. The molecule has 1 heterocycles. The summed E-state index contributed by atoms with van der Waals surface area (Å²) in [5, 5.41) is 22.2. The normalized spacial score (nSPS) is 15.3. The molecule has 0 atom stereocenters. The van der Waals surface area contributed by atoms with Gasteiger partial charge in [-0.3, -0.25) is 4.79 Å². The SMILES string of the molecule is CCS(=O)(=O)c1ccc(C2(C(=O)Nc3nc4cc(CO)c(CO)cc4s3)CC2)cc1. The zero-order chi connectivity index (χ0) is 21.5. The van der Waals surface area contributed by atoms with Crippen LogP contribution in [-0.4, -0.2) is 35.3 Å². The number of benzene rings is 2. The average Bonchev–Trinajstić information content (AvgIpc) is 3.48. The number of aliphatic hydroxyl groups excluding tert-OH is 2. The van der Waals surface area contributed by atoms with E-state index in [0.717, 1.165) is 10.3 Å². The van der Waals surface area contributed by atoms with Crippen LogP contribution in [0.1, 0.15) is 36.5 Å². The van der Waals surface area contributed by atoms with E-state index in [9.17, 15) is 23.4 Å². The van der Waals surface area contributed by atoms with Gasteiger partial charge in [-0.2, -0.15) is 0 Å². The fourth-order valence-corrected chi connectivity index (χ4v) is 5.33. The molecule has 9 heteroatoms. The van der Waals surface area contributed by atoms with E-state index in [2.05, 4.69) is 10.3 Å². The Hall–Kier alpha value is -2.33. The molecule has 1 aliphatic carbocycles. The van der Waals surface area contributed by atoms with Crippen LogP contribution in [0.5, 0.6) is 0 Å².